The van der Waals surface area contributed by atoms with Crippen molar-refractivity contribution in [1.82, 2.24) is 23.6 Å². The minimum absolute atomic E-state index is 0.0716. The van der Waals surface area contributed by atoms with Crippen LogP contribution in [0, 0.1) is 0 Å². The maximum absolute atomic E-state index is 14.3. The van der Waals surface area contributed by atoms with Crippen LogP contribution in [0.15, 0.2) is 108 Å². The summed E-state index contributed by atoms with van der Waals surface area (Å²) in [6.45, 7) is 2.56. The zero-order valence-electron chi connectivity index (χ0n) is 26.6. The van der Waals surface area contributed by atoms with Crippen LogP contribution in [-0.2, 0) is 26.6 Å². The second kappa shape index (κ2) is 12.6. The fraction of sp³-hybridized carbons (Fsp3) is 0.147. The monoisotopic (exact) mass is 683 g/mol. The Hall–Kier alpha value is -5.47. The highest BCUT2D eigenvalue weighted by Gasteiger charge is 2.27. The number of aromatic nitrogens is 4. The first-order valence-corrected chi connectivity index (χ1v) is 18.2. The second-order valence-electron chi connectivity index (χ2n) is 11.3. The fourth-order valence-electron chi connectivity index (χ4n) is 5.35. The molecule has 0 aliphatic heterocycles. The standard InChI is InChI=1S/C34H33N7O5S2/c1-5-40-22-30(32(37-40)23-14-16-25(17-15-23)36-34(42)39(2)3)28-18-19-35-33-29(28)21-31(24-10-9-11-26(20-24)38-47(4,43)44)41(33)48(45,46)27-12-7-6-8-13-27/h6-22,38H,5H2,1-4H3,(H,36,42). The van der Waals surface area contributed by atoms with Crippen molar-refractivity contribution in [2.75, 3.05) is 30.4 Å². The summed E-state index contributed by atoms with van der Waals surface area (Å²) in [6.07, 6.45) is 4.52. The maximum Gasteiger partial charge on any atom is 0.321 e. The van der Waals surface area contributed by atoms with E-state index >= 15 is 0 Å². The van der Waals surface area contributed by atoms with E-state index in [2.05, 4.69) is 15.0 Å². The number of hydrogen-bond donors (Lipinski definition) is 2. The van der Waals surface area contributed by atoms with E-state index in [1.165, 1.54) is 21.0 Å². The third kappa shape index (κ3) is 6.39. The van der Waals surface area contributed by atoms with Crippen LogP contribution in [0.1, 0.15) is 6.92 Å². The Morgan fingerprint density at radius 2 is 1.56 bits per heavy atom. The molecule has 0 unspecified atom stereocenters. The molecule has 3 aromatic carbocycles. The molecular formula is C34H33N7O5S2. The Labute approximate surface area is 278 Å². The average molecular weight is 684 g/mol. The SMILES string of the molecule is CCn1cc(-c2ccnc3c2cc(-c2cccc(NS(C)(=O)=O)c2)n3S(=O)(=O)c2ccccc2)c(-c2ccc(NC(=O)N(C)C)cc2)n1. The van der Waals surface area contributed by atoms with Crippen molar-refractivity contribution < 1.29 is 21.6 Å². The maximum atomic E-state index is 14.3. The number of fused-ring (bicyclic) bond motifs is 1. The Morgan fingerprint density at radius 3 is 2.23 bits per heavy atom. The van der Waals surface area contributed by atoms with Crippen molar-refractivity contribution >= 4 is 48.5 Å². The van der Waals surface area contributed by atoms with Crippen molar-refractivity contribution in [2.45, 2.75) is 18.4 Å². The molecular weight excluding hydrogens is 651 g/mol. The number of amides is 2. The van der Waals surface area contributed by atoms with Crippen molar-refractivity contribution in [2.24, 2.45) is 0 Å². The fourth-order valence-corrected chi connectivity index (χ4v) is 7.41. The molecule has 3 aromatic heterocycles. The van der Waals surface area contributed by atoms with Crippen LogP contribution < -0.4 is 10.0 Å². The topological polar surface area (TPSA) is 148 Å². The number of benzene rings is 3. The molecule has 0 spiro atoms. The molecule has 0 aliphatic rings. The minimum atomic E-state index is -4.17. The Kier molecular flexibility index (Phi) is 8.54. The smallest absolute Gasteiger partial charge is 0.321 e. The number of urea groups is 1. The Balaban J connectivity index is 1.57. The van der Waals surface area contributed by atoms with Crippen LogP contribution in [0.2, 0.25) is 0 Å². The third-order valence-electron chi connectivity index (χ3n) is 7.60. The second-order valence-corrected chi connectivity index (χ2v) is 14.8. The van der Waals surface area contributed by atoms with Gasteiger partial charge in [-0.15, -0.1) is 0 Å². The lowest BCUT2D eigenvalue weighted by Crippen LogP contribution is -2.27. The van der Waals surface area contributed by atoms with Gasteiger partial charge in [-0.05, 0) is 61.0 Å². The number of carbonyl (C=O) groups excluding carboxylic acids is 1. The summed E-state index contributed by atoms with van der Waals surface area (Å²) in [5, 5.41) is 8.23. The summed E-state index contributed by atoms with van der Waals surface area (Å²) in [6, 6.07) is 25.3. The first-order chi connectivity index (χ1) is 22.9. The van der Waals surface area contributed by atoms with E-state index in [9.17, 15) is 21.6 Å². The van der Waals surface area contributed by atoms with E-state index < -0.39 is 20.0 Å². The summed E-state index contributed by atoms with van der Waals surface area (Å²) in [4.78, 5) is 18.3. The number of anilines is 2. The van der Waals surface area contributed by atoms with Gasteiger partial charge in [-0.2, -0.15) is 5.10 Å². The summed E-state index contributed by atoms with van der Waals surface area (Å²) in [5.74, 6) is 0. The predicted octanol–water partition coefficient (Wildman–Crippen LogP) is 5.96. The van der Waals surface area contributed by atoms with Gasteiger partial charge in [0.1, 0.15) is 5.69 Å². The van der Waals surface area contributed by atoms with Crippen molar-refractivity contribution in [1.29, 1.82) is 0 Å². The summed E-state index contributed by atoms with van der Waals surface area (Å²) in [5.41, 5.74) is 4.79. The van der Waals surface area contributed by atoms with E-state index in [1.807, 2.05) is 31.3 Å². The first-order valence-electron chi connectivity index (χ1n) is 14.9. The quantitative estimate of drug-likeness (QED) is 0.191. The van der Waals surface area contributed by atoms with Gasteiger partial charge in [0, 0.05) is 66.5 Å². The van der Waals surface area contributed by atoms with Gasteiger partial charge >= 0.3 is 6.03 Å². The molecule has 0 saturated carbocycles. The molecule has 3 heterocycles. The first kappa shape index (κ1) is 32.5. The van der Waals surface area contributed by atoms with Crippen LogP contribution in [0.25, 0.3) is 44.7 Å². The average Bonchev–Trinajstić information content (AvgIpc) is 3.68. The molecule has 6 rings (SSSR count). The zero-order valence-corrected chi connectivity index (χ0v) is 28.2. The molecule has 0 saturated heterocycles. The highest BCUT2D eigenvalue weighted by Crippen LogP contribution is 2.40. The van der Waals surface area contributed by atoms with Crippen LogP contribution in [-0.4, -0.2) is 66.9 Å². The highest BCUT2D eigenvalue weighted by atomic mass is 32.2. The van der Waals surface area contributed by atoms with Crippen molar-refractivity contribution in [3.05, 3.63) is 103 Å². The molecule has 246 valence electrons. The summed E-state index contributed by atoms with van der Waals surface area (Å²) in [7, 11) is -4.44. The van der Waals surface area contributed by atoms with Crippen LogP contribution in [0.5, 0.6) is 0 Å². The van der Waals surface area contributed by atoms with Crippen LogP contribution in [0.4, 0.5) is 16.2 Å². The normalized spacial score (nSPS) is 11.8. The van der Waals surface area contributed by atoms with E-state index in [4.69, 9.17) is 5.10 Å². The van der Waals surface area contributed by atoms with Gasteiger partial charge < -0.3 is 10.2 Å². The molecule has 12 nitrogen and oxygen atoms in total. The van der Waals surface area contributed by atoms with E-state index in [1.54, 1.807) is 85.6 Å². The van der Waals surface area contributed by atoms with Gasteiger partial charge in [-0.3, -0.25) is 9.40 Å². The van der Waals surface area contributed by atoms with Crippen LogP contribution >= 0.6 is 0 Å². The molecule has 0 atom stereocenters. The number of rotatable bonds is 9. The highest BCUT2D eigenvalue weighted by molar-refractivity contribution is 7.92. The zero-order chi connectivity index (χ0) is 34.2. The molecule has 2 amide bonds. The number of carbonyl (C=O) groups is 1. The molecule has 0 bridgehead atoms. The van der Waals surface area contributed by atoms with E-state index in [0.29, 0.717) is 40.1 Å². The molecule has 2 N–H and O–H groups in total. The third-order valence-corrected chi connectivity index (χ3v) is 9.92. The number of sulfonamides is 1. The van der Waals surface area contributed by atoms with Gasteiger partial charge in [-0.25, -0.2) is 30.6 Å². The number of nitrogens with one attached hydrogen (secondary N) is 2. The molecule has 48 heavy (non-hydrogen) atoms. The lowest BCUT2D eigenvalue weighted by molar-refractivity contribution is 0.230. The summed E-state index contributed by atoms with van der Waals surface area (Å²) < 4.78 is 58.1. The summed E-state index contributed by atoms with van der Waals surface area (Å²) >= 11 is 0. The van der Waals surface area contributed by atoms with Gasteiger partial charge in [0.15, 0.2) is 5.65 Å². The minimum Gasteiger partial charge on any atom is -0.331 e. The van der Waals surface area contributed by atoms with Gasteiger partial charge in [-0.1, -0.05) is 42.5 Å². The predicted molar refractivity (Wildman–Crippen MR) is 188 cm³/mol. The van der Waals surface area contributed by atoms with Gasteiger partial charge in [0.25, 0.3) is 10.0 Å². The van der Waals surface area contributed by atoms with Crippen LogP contribution in [0.3, 0.4) is 0 Å². The lowest BCUT2D eigenvalue weighted by atomic mass is 10.00. The van der Waals surface area contributed by atoms with E-state index in [0.717, 1.165) is 17.4 Å². The largest absolute Gasteiger partial charge is 0.331 e. The van der Waals surface area contributed by atoms with Gasteiger partial charge in [0.05, 0.1) is 16.8 Å². The molecule has 6 aromatic rings. The molecule has 0 fully saturated rings. The number of hydrogen-bond acceptors (Lipinski definition) is 7. The van der Waals surface area contributed by atoms with Gasteiger partial charge in [0.2, 0.25) is 10.0 Å². The van der Waals surface area contributed by atoms with Crippen molar-refractivity contribution in [3.63, 3.8) is 0 Å². The Morgan fingerprint density at radius 1 is 0.833 bits per heavy atom. The van der Waals surface area contributed by atoms with Crippen molar-refractivity contribution in [3.8, 4) is 33.6 Å². The van der Waals surface area contributed by atoms with E-state index in [-0.39, 0.29) is 22.3 Å². The lowest BCUT2D eigenvalue weighted by Gasteiger charge is -2.13. The number of nitrogens with zero attached hydrogens (tertiary/aromatic N) is 5. The Bertz CT molecular complexity index is 2370. The molecule has 0 radical (unpaired) electrons. The molecule has 0 aliphatic carbocycles. The number of pyridine rings is 1. The molecule has 14 heteroatoms. The number of aryl methyl sites for hydroxylation is 1.